The first-order valence-corrected chi connectivity index (χ1v) is 10.2. The van der Waals surface area contributed by atoms with Crippen molar-refractivity contribution in [1.82, 2.24) is 18.7 Å². The summed E-state index contributed by atoms with van der Waals surface area (Å²) < 4.78 is 9.56. The van der Waals surface area contributed by atoms with E-state index in [9.17, 15) is 14.7 Å². The van der Waals surface area contributed by atoms with Gasteiger partial charge in [-0.3, -0.25) is 13.9 Å². The molecular formula is C21H26N6O5. The van der Waals surface area contributed by atoms with Crippen molar-refractivity contribution in [2.75, 3.05) is 32.2 Å². The standard InChI is InChI=1S/C21H26N6O5/c1-24(9-10-28)20-22-18-17(19(29)26(3)21(30)25(18)2)27(20)12-13-11-15(23-32-13)14-7-5-6-8-16(14)31-4/h5-8,13,28H,9-12H2,1-4H3. The lowest BCUT2D eigenvalue weighted by Gasteiger charge is -2.20. The third-order valence-corrected chi connectivity index (χ3v) is 5.64. The molecule has 170 valence electrons. The second kappa shape index (κ2) is 8.50. The zero-order chi connectivity index (χ0) is 23.0. The number of fused-ring (bicyclic) bond motifs is 1. The molecule has 1 aliphatic heterocycles. The summed E-state index contributed by atoms with van der Waals surface area (Å²) in [6.45, 7) is 0.515. The van der Waals surface area contributed by atoms with Crippen LogP contribution in [-0.2, 0) is 25.5 Å². The fourth-order valence-electron chi connectivity index (χ4n) is 3.92. The van der Waals surface area contributed by atoms with Crippen LogP contribution >= 0.6 is 0 Å². The van der Waals surface area contributed by atoms with Crippen LogP contribution in [0.4, 0.5) is 5.95 Å². The van der Waals surface area contributed by atoms with Gasteiger partial charge in [0.25, 0.3) is 5.56 Å². The molecule has 0 saturated heterocycles. The molecule has 4 rings (SSSR count). The minimum atomic E-state index is -0.456. The van der Waals surface area contributed by atoms with Gasteiger partial charge in [-0.25, -0.2) is 4.79 Å². The Morgan fingerprint density at radius 1 is 1.25 bits per heavy atom. The first-order chi connectivity index (χ1) is 15.4. The Labute approximate surface area is 183 Å². The molecule has 0 amide bonds. The molecule has 11 nitrogen and oxygen atoms in total. The number of imidazole rings is 1. The largest absolute Gasteiger partial charge is 0.496 e. The Bertz CT molecular complexity index is 1300. The minimum Gasteiger partial charge on any atom is -0.496 e. The number of likely N-dealkylation sites (N-methyl/N-ethyl adjacent to an activating group) is 1. The van der Waals surface area contributed by atoms with Gasteiger partial charge in [-0.1, -0.05) is 17.3 Å². The predicted molar refractivity (Wildman–Crippen MR) is 120 cm³/mol. The lowest BCUT2D eigenvalue weighted by Crippen LogP contribution is -2.38. The summed E-state index contributed by atoms with van der Waals surface area (Å²) in [5, 5.41) is 13.7. The molecule has 0 saturated carbocycles. The highest BCUT2D eigenvalue weighted by Gasteiger charge is 2.28. The van der Waals surface area contributed by atoms with Gasteiger partial charge in [0.15, 0.2) is 17.3 Å². The number of anilines is 1. The molecule has 0 fully saturated rings. The molecule has 11 heteroatoms. The van der Waals surface area contributed by atoms with Crippen molar-refractivity contribution in [2.45, 2.75) is 19.1 Å². The number of oxime groups is 1. The van der Waals surface area contributed by atoms with E-state index >= 15 is 0 Å². The van der Waals surface area contributed by atoms with Gasteiger partial charge in [-0.2, -0.15) is 4.98 Å². The first-order valence-electron chi connectivity index (χ1n) is 10.2. The molecular weight excluding hydrogens is 416 g/mol. The lowest BCUT2D eigenvalue weighted by molar-refractivity contribution is 0.0735. The van der Waals surface area contributed by atoms with Crippen LogP contribution in [0.3, 0.4) is 0 Å². The molecule has 0 spiro atoms. The van der Waals surface area contributed by atoms with Crippen LogP contribution in [0.15, 0.2) is 39.0 Å². The molecule has 32 heavy (non-hydrogen) atoms. The molecule has 1 unspecified atom stereocenters. The SMILES string of the molecule is COc1ccccc1C1=NOC(Cn2c(N(C)CCO)nc3c2c(=O)n(C)c(=O)n3C)C1. The second-order valence-electron chi connectivity index (χ2n) is 7.72. The number of ether oxygens (including phenoxy) is 1. The number of hydrogen-bond donors (Lipinski definition) is 1. The molecule has 3 aromatic rings. The molecule has 1 N–H and O–H groups in total. The van der Waals surface area contributed by atoms with E-state index in [1.165, 1.54) is 11.6 Å². The van der Waals surface area contributed by atoms with E-state index in [0.29, 0.717) is 30.2 Å². The molecule has 2 aromatic heterocycles. The van der Waals surface area contributed by atoms with Gasteiger partial charge in [-0.05, 0) is 12.1 Å². The first kappa shape index (κ1) is 21.6. The zero-order valence-electron chi connectivity index (χ0n) is 18.5. The maximum Gasteiger partial charge on any atom is 0.332 e. The van der Waals surface area contributed by atoms with Crippen molar-refractivity contribution < 1.29 is 14.7 Å². The molecule has 0 aliphatic carbocycles. The van der Waals surface area contributed by atoms with E-state index in [2.05, 4.69) is 10.1 Å². The van der Waals surface area contributed by atoms with Gasteiger partial charge >= 0.3 is 5.69 Å². The van der Waals surface area contributed by atoms with Crippen molar-refractivity contribution in [3.63, 3.8) is 0 Å². The van der Waals surface area contributed by atoms with Crippen LogP contribution in [0.25, 0.3) is 11.2 Å². The monoisotopic (exact) mass is 442 g/mol. The van der Waals surface area contributed by atoms with Crippen LogP contribution in [0.2, 0.25) is 0 Å². The van der Waals surface area contributed by atoms with Gasteiger partial charge in [0.2, 0.25) is 5.95 Å². The number of nitrogens with zero attached hydrogens (tertiary/aromatic N) is 6. The van der Waals surface area contributed by atoms with Crippen LogP contribution in [0.5, 0.6) is 5.75 Å². The topological polar surface area (TPSA) is 116 Å². The second-order valence-corrected chi connectivity index (χ2v) is 7.72. The van der Waals surface area contributed by atoms with Gasteiger partial charge in [0.05, 0.1) is 26.0 Å². The van der Waals surface area contributed by atoms with Gasteiger partial charge < -0.3 is 24.1 Å². The Hall–Kier alpha value is -3.60. The van der Waals surface area contributed by atoms with Crippen LogP contribution in [0, 0.1) is 0 Å². The normalized spacial score (nSPS) is 15.7. The van der Waals surface area contributed by atoms with Crippen molar-refractivity contribution in [3.8, 4) is 5.75 Å². The number of aryl methyl sites for hydroxylation is 1. The highest BCUT2D eigenvalue weighted by molar-refractivity contribution is 6.03. The van der Waals surface area contributed by atoms with E-state index in [1.807, 2.05) is 24.3 Å². The number of hydrogen-bond acceptors (Lipinski definition) is 8. The molecule has 0 bridgehead atoms. The summed E-state index contributed by atoms with van der Waals surface area (Å²) in [5.74, 6) is 1.16. The number of methoxy groups -OCH3 is 1. The average molecular weight is 442 g/mol. The van der Waals surface area contributed by atoms with Crippen LogP contribution in [-0.4, -0.2) is 62.9 Å². The third-order valence-electron chi connectivity index (χ3n) is 5.64. The van der Waals surface area contributed by atoms with Crippen LogP contribution in [0.1, 0.15) is 12.0 Å². The third kappa shape index (κ3) is 3.54. The predicted octanol–water partition coefficient (Wildman–Crippen LogP) is 0.0640. The van der Waals surface area contributed by atoms with Gasteiger partial charge in [0, 0.05) is 39.7 Å². The Morgan fingerprint density at radius 2 is 2.00 bits per heavy atom. The number of aliphatic hydroxyl groups excluding tert-OH is 1. The Morgan fingerprint density at radius 3 is 2.72 bits per heavy atom. The van der Waals surface area contributed by atoms with Crippen molar-refractivity contribution in [3.05, 3.63) is 50.7 Å². The maximum atomic E-state index is 13.0. The Kier molecular flexibility index (Phi) is 5.74. The quantitative estimate of drug-likeness (QED) is 0.550. The van der Waals surface area contributed by atoms with E-state index < -0.39 is 11.2 Å². The number of aliphatic hydroxyl groups is 1. The number of rotatable bonds is 7. The number of aromatic nitrogens is 4. The van der Waals surface area contributed by atoms with E-state index in [4.69, 9.17) is 9.57 Å². The fourth-order valence-corrected chi connectivity index (χ4v) is 3.92. The smallest absolute Gasteiger partial charge is 0.332 e. The van der Waals surface area contributed by atoms with Gasteiger partial charge in [0.1, 0.15) is 5.75 Å². The summed E-state index contributed by atoms with van der Waals surface area (Å²) in [6.07, 6.45) is 0.158. The van der Waals surface area contributed by atoms with E-state index in [-0.39, 0.29) is 24.9 Å². The molecule has 1 aliphatic rings. The van der Waals surface area contributed by atoms with Crippen molar-refractivity contribution >= 4 is 22.8 Å². The fraction of sp³-hybridized carbons (Fsp3) is 0.429. The maximum absolute atomic E-state index is 13.0. The van der Waals surface area contributed by atoms with Crippen molar-refractivity contribution in [1.29, 1.82) is 0 Å². The summed E-state index contributed by atoms with van der Waals surface area (Å²) in [6, 6.07) is 7.57. The summed E-state index contributed by atoms with van der Waals surface area (Å²) in [7, 11) is 6.39. The van der Waals surface area contributed by atoms with E-state index in [0.717, 1.165) is 15.8 Å². The lowest BCUT2D eigenvalue weighted by atomic mass is 10.0. The number of benzene rings is 1. The molecule has 1 atom stereocenters. The highest BCUT2D eigenvalue weighted by Crippen LogP contribution is 2.27. The minimum absolute atomic E-state index is 0.0857. The molecule has 1 aromatic carbocycles. The van der Waals surface area contributed by atoms with Crippen molar-refractivity contribution in [2.24, 2.45) is 19.3 Å². The summed E-state index contributed by atoms with van der Waals surface area (Å²) in [4.78, 5) is 37.4. The molecule has 3 heterocycles. The van der Waals surface area contributed by atoms with Crippen LogP contribution < -0.4 is 20.9 Å². The summed E-state index contributed by atoms with van der Waals surface area (Å²) in [5.41, 5.74) is 1.28. The van der Waals surface area contributed by atoms with Gasteiger partial charge in [-0.15, -0.1) is 0 Å². The van der Waals surface area contributed by atoms with E-state index in [1.54, 1.807) is 30.7 Å². The Balaban J connectivity index is 1.74. The zero-order valence-corrected chi connectivity index (χ0v) is 18.5. The molecule has 0 radical (unpaired) electrons. The highest BCUT2D eigenvalue weighted by atomic mass is 16.6. The average Bonchev–Trinajstić information content (AvgIpc) is 3.42. The number of para-hydroxylation sites is 1. The summed E-state index contributed by atoms with van der Waals surface area (Å²) >= 11 is 0.